The Kier molecular flexibility index (Phi) is 4.61. The minimum Gasteiger partial charge on any atom is -0.339 e. The van der Waals surface area contributed by atoms with Crippen molar-refractivity contribution in [2.45, 2.75) is 20.8 Å². The number of benzene rings is 1. The number of hydrogen-bond acceptors (Lipinski definition) is 3. The third-order valence-corrected chi connectivity index (χ3v) is 4.39. The molecule has 2 aromatic rings. The summed E-state index contributed by atoms with van der Waals surface area (Å²) in [5.74, 6) is 0.0816. The number of aromatic nitrogens is 2. The van der Waals surface area contributed by atoms with Crippen LogP contribution >= 0.6 is 0 Å². The van der Waals surface area contributed by atoms with Gasteiger partial charge in [0.2, 0.25) is 5.91 Å². The van der Waals surface area contributed by atoms with E-state index in [9.17, 15) is 9.59 Å². The maximum Gasteiger partial charge on any atom is 0.272 e. The van der Waals surface area contributed by atoms with Crippen molar-refractivity contribution in [1.29, 1.82) is 0 Å². The summed E-state index contributed by atoms with van der Waals surface area (Å²) in [6.07, 6.45) is 3.25. The first kappa shape index (κ1) is 17.2. The summed E-state index contributed by atoms with van der Waals surface area (Å²) in [5, 5.41) is 0. The van der Waals surface area contributed by atoms with Gasteiger partial charge in [-0.05, 0) is 12.1 Å². The van der Waals surface area contributed by atoms with E-state index in [-0.39, 0.29) is 11.8 Å². The molecule has 0 spiro atoms. The van der Waals surface area contributed by atoms with Gasteiger partial charge in [0.15, 0.2) is 0 Å². The van der Waals surface area contributed by atoms with Gasteiger partial charge in [0.05, 0.1) is 12.5 Å². The fourth-order valence-corrected chi connectivity index (χ4v) is 3.00. The molecule has 1 aliphatic rings. The number of imidazole rings is 1. The molecule has 1 aromatic heterocycles. The van der Waals surface area contributed by atoms with Gasteiger partial charge in [0, 0.05) is 37.3 Å². The fourth-order valence-electron chi connectivity index (χ4n) is 3.00. The van der Waals surface area contributed by atoms with E-state index < -0.39 is 5.41 Å². The Morgan fingerprint density at radius 3 is 2.16 bits per heavy atom. The predicted octanol–water partition coefficient (Wildman–Crippen LogP) is 2.20. The van der Waals surface area contributed by atoms with Crippen molar-refractivity contribution in [2.75, 3.05) is 26.2 Å². The summed E-state index contributed by atoms with van der Waals surface area (Å²) < 4.78 is 1.80. The van der Waals surface area contributed by atoms with Crippen LogP contribution in [0.3, 0.4) is 0 Å². The summed E-state index contributed by atoms with van der Waals surface area (Å²) in [5.41, 5.74) is 1.06. The lowest BCUT2D eigenvalue weighted by Crippen LogP contribution is -2.53. The highest BCUT2D eigenvalue weighted by molar-refractivity contribution is 5.93. The van der Waals surface area contributed by atoms with E-state index in [4.69, 9.17) is 0 Å². The zero-order valence-electron chi connectivity index (χ0n) is 15.0. The Morgan fingerprint density at radius 1 is 0.960 bits per heavy atom. The molecular formula is C19H24N4O2. The molecule has 132 valence electrons. The monoisotopic (exact) mass is 340 g/mol. The van der Waals surface area contributed by atoms with Gasteiger partial charge in [0.1, 0.15) is 5.69 Å². The smallest absolute Gasteiger partial charge is 0.272 e. The van der Waals surface area contributed by atoms with Gasteiger partial charge in [-0.15, -0.1) is 0 Å². The SMILES string of the molecule is CC(C)(C)C(=O)N1CCN(C(=O)c2cncn2-c2ccccc2)CC1. The van der Waals surface area contributed by atoms with E-state index in [1.165, 1.54) is 0 Å². The molecule has 1 aromatic carbocycles. The quantitative estimate of drug-likeness (QED) is 0.842. The van der Waals surface area contributed by atoms with Gasteiger partial charge in [-0.3, -0.25) is 14.2 Å². The molecule has 0 saturated carbocycles. The van der Waals surface area contributed by atoms with Gasteiger partial charge < -0.3 is 9.80 Å². The second-order valence-corrected chi connectivity index (χ2v) is 7.32. The van der Waals surface area contributed by atoms with Crippen LogP contribution < -0.4 is 0 Å². The molecule has 2 amide bonds. The number of carbonyl (C=O) groups excluding carboxylic acids is 2. The molecule has 1 saturated heterocycles. The van der Waals surface area contributed by atoms with Crippen LogP contribution in [0.1, 0.15) is 31.3 Å². The number of rotatable bonds is 2. The molecule has 0 aliphatic carbocycles. The minimum atomic E-state index is -0.391. The van der Waals surface area contributed by atoms with Gasteiger partial charge in [0.25, 0.3) is 5.91 Å². The van der Waals surface area contributed by atoms with E-state index in [1.54, 1.807) is 22.0 Å². The molecule has 0 unspecified atom stereocenters. The minimum absolute atomic E-state index is 0.0517. The lowest BCUT2D eigenvalue weighted by atomic mass is 9.94. The number of amides is 2. The average molecular weight is 340 g/mol. The van der Waals surface area contributed by atoms with Crippen LogP contribution in [-0.2, 0) is 4.79 Å². The van der Waals surface area contributed by atoms with Crippen molar-refractivity contribution in [3.63, 3.8) is 0 Å². The van der Waals surface area contributed by atoms with Crippen LogP contribution in [0.15, 0.2) is 42.9 Å². The van der Waals surface area contributed by atoms with Crippen molar-refractivity contribution >= 4 is 11.8 Å². The van der Waals surface area contributed by atoms with Crippen molar-refractivity contribution in [1.82, 2.24) is 19.4 Å². The van der Waals surface area contributed by atoms with Crippen molar-refractivity contribution < 1.29 is 9.59 Å². The Balaban J connectivity index is 1.70. The van der Waals surface area contributed by atoms with Gasteiger partial charge in [-0.2, -0.15) is 0 Å². The highest BCUT2D eigenvalue weighted by atomic mass is 16.2. The molecule has 3 rings (SSSR count). The number of para-hydroxylation sites is 1. The van der Waals surface area contributed by atoms with Crippen LogP contribution in [0.2, 0.25) is 0 Å². The van der Waals surface area contributed by atoms with Crippen LogP contribution in [0.5, 0.6) is 0 Å². The zero-order valence-corrected chi connectivity index (χ0v) is 15.0. The first-order valence-corrected chi connectivity index (χ1v) is 8.54. The van der Waals surface area contributed by atoms with Crippen LogP contribution in [0.4, 0.5) is 0 Å². The Hall–Kier alpha value is -2.63. The molecule has 25 heavy (non-hydrogen) atoms. The lowest BCUT2D eigenvalue weighted by Gasteiger charge is -2.37. The van der Waals surface area contributed by atoms with Crippen molar-refractivity contribution in [3.8, 4) is 5.69 Å². The summed E-state index contributed by atoms with van der Waals surface area (Å²) in [6.45, 7) is 7.99. The maximum absolute atomic E-state index is 12.9. The van der Waals surface area contributed by atoms with Crippen LogP contribution in [0, 0.1) is 5.41 Å². The molecule has 2 heterocycles. The second kappa shape index (κ2) is 6.70. The highest BCUT2D eigenvalue weighted by Gasteiger charge is 2.31. The molecule has 0 atom stereocenters. The molecule has 1 fully saturated rings. The third kappa shape index (κ3) is 3.57. The average Bonchev–Trinajstić information content (AvgIpc) is 3.10. The Bertz CT molecular complexity index is 753. The Labute approximate surface area is 148 Å². The molecule has 6 heteroatoms. The van der Waals surface area contributed by atoms with Crippen LogP contribution in [-0.4, -0.2) is 57.3 Å². The standard InChI is InChI=1S/C19H24N4O2/c1-19(2,3)18(25)22-11-9-21(10-12-22)17(24)16-13-20-14-23(16)15-7-5-4-6-8-15/h4-8,13-14H,9-12H2,1-3H3. The van der Waals surface area contributed by atoms with Crippen LogP contribution in [0.25, 0.3) is 5.69 Å². The highest BCUT2D eigenvalue weighted by Crippen LogP contribution is 2.20. The largest absolute Gasteiger partial charge is 0.339 e. The van der Waals surface area contributed by atoms with E-state index in [1.807, 2.05) is 56.0 Å². The molecule has 0 radical (unpaired) electrons. The van der Waals surface area contributed by atoms with Crippen molar-refractivity contribution in [3.05, 3.63) is 48.5 Å². The summed E-state index contributed by atoms with van der Waals surface area (Å²) in [7, 11) is 0. The van der Waals surface area contributed by atoms with Crippen molar-refractivity contribution in [2.24, 2.45) is 5.41 Å². The second-order valence-electron chi connectivity index (χ2n) is 7.32. The Morgan fingerprint density at radius 2 is 1.56 bits per heavy atom. The lowest BCUT2D eigenvalue weighted by molar-refractivity contribution is -0.140. The normalized spacial score (nSPS) is 15.3. The third-order valence-electron chi connectivity index (χ3n) is 4.39. The molecular weight excluding hydrogens is 316 g/mol. The summed E-state index contributed by atoms with van der Waals surface area (Å²) in [4.78, 5) is 33.0. The van der Waals surface area contributed by atoms with Gasteiger partial charge in [-0.1, -0.05) is 39.0 Å². The van der Waals surface area contributed by atoms with E-state index in [0.29, 0.717) is 31.9 Å². The molecule has 0 bridgehead atoms. The molecule has 0 N–H and O–H groups in total. The molecule has 6 nitrogen and oxygen atoms in total. The topological polar surface area (TPSA) is 58.4 Å². The van der Waals surface area contributed by atoms with E-state index >= 15 is 0 Å². The first-order chi connectivity index (χ1) is 11.9. The summed E-state index contributed by atoms with van der Waals surface area (Å²) >= 11 is 0. The number of nitrogens with zero attached hydrogens (tertiary/aromatic N) is 4. The van der Waals surface area contributed by atoms with Gasteiger partial charge in [-0.25, -0.2) is 4.98 Å². The number of carbonyl (C=O) groups is 2. The number of hydrogen-bond donors (Lipinski definition) is 0. The van der Waals surface area contributed by atoms with E-state index in [2.05, 4.69) is 4.98 Å². The molecule has 1 aliphatic heterocycles. The first-order valence-electron chi connectivity index (χ1n) is 8.54. The maximum atomic E-state index is 12.9. The van der Waals surface area contributed by atoms with Gasteiger partial charge >= 0.3 is 0 Å². The zero-order chi connectivity index (χ0) is 18.0. The fraction of sp³-hybridized carbons (Fsp3) is 0.421. The summed E-state index contributed by atoms with van der Waals surface area (Å²) in [6, 6.07) is 9.69. The number of piperazine rings is 1. The predicted molar refractivity (Wildman–Crippen MR) is 95.5 cm³/mol. The van der Waals surface area contributed by atoms with E-state index in [0.717, 1.165) is 5.69 Å².